The van der Waals surface area contributed by atoms with Crippen LogP contribution in [0.15, 0.2) is 12.7 Å². The Kier molecular flexibility index (Phi) is 3.94. The lowest BCUT2D eigenvalue weighted by molar-refractivity contribution is 0.294. The highest BCUT2D eigenvalue weighted by Gasteiger charge is 2.20. The lowest BCUT2D eigenvalue weighted by Gasteiger charge is -2.25. The first-order valence-corrected chi connectivity index (χ1v) is 4.95. The van der Waals surface area contributed by atoms with Crippen molar-refractivity contribution in [3.63, 3.8) is 0 Å². The molecule has 0 unspecified atom stereocenters. The zero-order valence-corrected chi connectivity index (χ0v) is 7.76. The average Bonchev–Trinajstić information content (AvgIpc) is 2.15. The van der Waals surface area contributed by atoms with E-state index in [4.69, 9.17) is 6.42 Å². The molecule has 0 saturated heterocycles. The van der Waals surface area contributed by atoms with E-state index in [9.17, 15) is 0 Å². The maximum atomic E-state index is 5.49. The summed E-state index contributed by atoms with van der Waals surface area (Å²) in [6, 6.07) is 0. The smallest absolute Gasteiger partial charge is 0.0262 e. The Labute approximate surface area is 76.1 Å². The van der Waals surface area contributed by atoms with Gasteiger partial charge in [0.05, 0.1) is 0 Å². The van der Waals surface area contributed by atoms with Crippen LogP contribution in [-0.2, 0) is 0 Å². The van der Waals surface area contributed by atoms with Crippen molar-refractivity contribution >= 4 is 0 Å². The fraction of sp³-hybridized carbons (Fsp3) is 0.667. The van der Waals surface area contributed by atoms with E-state index < -0.39 is 0 Å². The third-order valence-electron chi connectivity index (χ3n) is 2.85. The molecule has 0 heterocycles. The number of hydrogen-bond donors (Lipinski definition) is 0. The highest BCUT2D eigenvalue weighted by atomic mass is 14.2. The van der Waals surface area contributed by atoms with Gasteiger partial charge in [0.1, 0.15) is 0 Å². The van der Waals surface area contributed by atoms with Crippen LogP contribution in [0.4, 0.5) is 0 Å². The lowest BCUT2D eigenvalue weighted by Crippen LogP contribution is -2.15. The zero-order valence-electron chi connectivity index (χ0n) is 7.76. The first-order chi connectivity index (χ1) is 5.88. The van der Waals surface area contributed by atoms with E-state index in [2.05, 4.69) is 12.5 Å². The molecule has 0 aliphatic heterocycles. The van der Waals surface area contributed by atoms with Gasteiger partial charge in [0, 0.05) is 5.92 Å². The first kappa shape index (κ1) is 9.39. The Hall–Kier alpha value is -0.700. The average molecular weight is 162 g/mol. The minimum Gasteiger partial charge on any atom is -0.120 e. The van der Waals surface area contributed by atoms with Gasteiger partial charge in [-0.2, -0.15) is 0 Å². The molecule has 0 aromatic heterocycles. The Bertz CT molecular complexity index is 167. The Morgan fingerprint density at radius 3 is 2.58 bits per heavy atom. The van der Waals surface area contributed by atoms with Crippen molar-refractivity contribution in [2.45, 2.75) is 38.5 Å². The van der Waals surface area contributed by atoms with Gasteiger partial charge in [0.2, 0.25) is 0 Å². The summed E-state index contributed by atoms with van der Waals surface area (Å²) >= 11 is 0. The van der Waals surface area contributed by atoms with Crippen molar-refractivity contribution in [3.8, 4) is 12.3 Å². The summed E-state index contributed by atoms with van der Waals surface area (Å²) in [5, 5.41) is 0. The number of rotatable bonds is 3. The van der Waals surface area contributed by atoms with Crippen LogP contribution in [-0.4, -0.2) is 0 Å². The second kappa shape index (κ2) is 5.04. The standard InChI is InChI=1S/C12H18/c1-3-8-11(4-2)12-9-6-5-7-10-12/h2-3,11-12H,1,5-10H2/t11-/m0/s1. The molecule has 1 aliphatic carbocycles. The van der Waals surface area contributed by atoms with E-state index in [1.54, 1.807) is 0 Å². The van der Waals surface area contributed by atoms with Crippen molar-refractivity contribution < 1.29 is 0 Å². The summed E-state index contributed by atoms with van der Waals surface area (Å²) < 4.78 is 0. The molecule has 0 amide bonds. The molecule has 0 nitrogen and oxygen atoms in total. The largest absolute Gasteiger partial charge is 0.120 e. The molecule has 0 bridgehead atoms. The quantitative estimate of drug-likeness (QED) is 0.441. The Morgan fingerprint density at radius 1 is 1.42 bits per heavy atom. The molecule has 0 heteroatoms. The Morgan fingerprint density at radius 2 is 2.08 bits per heavy atom. The van der Waals surface area contributed by atoms with Crippen molar-refractivity contribution in [1.82, 2.24) is 0 Å². The van der Waals surface area contributed by atoms with Crippen LogP contribution in [0.3, 0.4) is 0 Å². The maximum absolute atomic E-state index is 5.49. The van der Waals surface area contributed by atoms with Crippen molar-refractivity contribution in [1.29, 1.82) is 0 Å². The van der Waals surface area contributed by atoms with Gasteiger partial charge in [0.25, 0.3) is 0 Å². The van der Waals surface area contributed by atoms with Crippen LogP contribution in [0, 0.1) is 24.2 Å². The van der Waals surface area contributed by atoms with E-state index in [0.717, 1.165) is 12.3 Å². The van der Waals surface area contributed by atoms with Gasteiger partial charge in [-0.05, 0) is 25.2 Å². The van der Waals surface area contributed by atoms with Crippen molar-refractivity contribution in [2.24, 2.45) is 11.8 Å². The SMILES string of the molecule is C#C[C@@H](CC=C)C1CCCCC1. The number of terminal acetylenes is 1. The molecule has 1 fully saturated rings. The molecule has 1 atom stereocenters. The lowest BCUT2D eigenvalue weighted by atomic mass is 9.79. The van der Waals surface area contributed by atoms with E-state index in [1.165, 1.54) is 32.1 Å². The number of allylic oxidation sites excluding steroid dienone is 1. The number of hydrogen-bond acceptors (Lipinski definition) is 0. The predicted octanol–water partition coefficient (Wildman–Crippen LogP) is 3.39. The van der Waals surface area contributed by atoms with Gasteiger partial charge in [-0.3, -0.25) is 0 Å². The normalized spacial score (nSPS) is 21.2. The summed E-state index contributed by atoms with van der Waals surface area (Å²) in [4.78, 5) is 0. The third-order valence-corrected chi connectivity index (χ3v) is 2.85. The minimum atomic E-state index is 0.461. The van der Waals surface area contributed by atoms with Crippen LogP contribution in [0.1, 0.15) is 38.5 Å². The van der Waals surface area contributed by atoms with Gasteiger partial charge < -0.3 is 0 Å². The van der Waals surface area contributed by atoms with Gasteiger partial charge in [-0.1, -0.05) is 25.3 Å². The van der Waals surface area contributed by atoms with E-state index in [1.807, 2.05) is 6.08 Å². The molecule has 0 aromatic carbocycles. The summed E-state index contributed by atoms with van der Waals surface area (Å²) in [6.07, 6.45) is 15.3. The van der Waals surface area contributed by atoms with Gasteiger partial charge in [-0.15, -0.1) is 18.9 Å². The molecule has 66 valence electrons. The molecule has 1 saturated carbocycles. The molecule has 0 N–H and O–H groups in total. The van der Waals surface area contributed by atoms with Gasteiger partial charge in [0.15, 0.2) is 0 Å². The van der Waals surface area contributed by atoms with Gasteiger partial charge in [-0.25, -0.2) is 0 Å². The van der Waals surface area contributed by atoms with Crippen LogP contribution < -0.4 is 0 Å². The minimum absolute atomic E-state index is 0.461. The second-order valence-electron chi connectivity index (χ2n) is 3.70. The molecule has 0 spiro atoms. The van der Waals surface area contributed by atoms with Crippen LogP contribution >= 0.6 is 0 Å². The van der Waals surface area contributed by atoms with Crippen LogP contribution in [0.25, 0.3) is 0 Å². The van der Waals surface area contributed by atoms with E-state index in [0.29, 0.717) is 5.92 Å². The van der Waals surface area contributed by atoms with Gasteiger partial charge >= 0.3 is 0 Å². The van der Waals surface area contributed by atoms with E-state index in [-0.39, 0.29) is 0 Å². The predicted molar refractivity (Wildman–Crippen MR) is 53.7 cm³/mol. The molecular formula is C12H18. The highest BCUT2D eigenvalue weighted by molar-refractivity contribution is 4.99. The summed E-state index contributed by atoms with van der Waals surface area (Å²) in [5.74, 6) is 4.14. The fourth-order valence-corrected chi connectivity index (χ4v) is 2.11. The van der Waals surface area contributed by atoms with E-state index >= 15 is 0 Å². The highest BCUT2D eigenvalue weighted by Crippen LogP contribution is 2.31. The second-order valence-corrected chi connectivity index (χ2v) is 3.70. The molecule has 1 rings (SSSR count). The summed E-state index contributed by atoms with van der Waals surface area (Å²) in [6.45, 7) is 3.75. The summed E-state index contributed by atoms with van der Waals surface area (Å²) in [7, 11) is 0. The molecular weight excluding hydrogens is 144 g/mol. The molecule has 1 aliphatic rings. The monoisotopic (exact) mass is 162 g/mol. The van der Waals surface area contributed by atoms with Crippen molar-refractivity contribution in [2.75, 3.05) is 0 Å². The fourth-order valence-electron chi connectivity index (χ4n) is 2.11. The first-order valence-electron chi connectivity index (χ1n) is 4.95. The Balaban J connectivity index is 2.41. The maximum Gasteiger partial charge on any atom is 0.0262 e. The zero-order chi connectivity index (χ0) is 8.81. The topological polar surface area (TPSA) is 0 Å². The molecule has 0 aromatic rings. The van der Waals surface area contributed by atoms with Crippen molar-refractivity contribution in [3.05, 3.63) is 12.7 Å². The van der Waals surface area contributed by atoms with Crippen LogP contribution in [0.2, 0.25) is 0 Å². The molecule has 0 radical (unpaired) electrons. The molecule has 12 heavy (non-hydrogen) atoms. The third kappa shape index (κ3) is 2.41. The van der Waals surface area contributed by atoms with Crippen LogP contribution in [0.5, 0.6) is 0 Å². The summed E-state index contributed by atoms with van der Waals surface area (Å²) in [5.41, 5.74) is 0.